The Morgan fingerprint density at radius 3 is 2.50 bits per heavy atom. The summed E-state index contributed by atoms with van der Waals surface area (Å²) in [6.07, 6.45) is -3.42. The van der Waals surface area contributed by atoms with Crippen LogP contribution in [0.15, 0.2) is 0 Å². The third kappa shape index (κ3) is 4.07. The molecule has 1 aliphatic heterocycles. The molecule has 2 atom stereocenters. The molecular formula is C11H20F3N3S. The van der Waals surface area contributed by atoms with Crippen molar-refractivity contribution in [3.8, 4) is 0 Å². The highest BCUT2D eigenvalue weighted by atomic mass is 32.1. The van der Waals surface area contributed by atoms with E-state index in [1.807, 2.05) is 18.9 Å². The van der Waals surface area contributed by atoms with Crippen molar-refractivity contribution < 1.29 is 13.2 Å². The first-order valence-corrected chi connectivity index (χ1v) is 6.45. The third-order valence-corrected chi connectivity index (χ3v) is 3.80. The van der Waals surface area contributed by atoms with Crippen LogP contribution in [0, 0.1) is 5.92 Å². The average Bonchev–Trinajstić information content (AvgIpc) is 2.25. The number of likely N-dealkylation sites (N-methyl/N-ethyl adjacent to an activating group) is 1. The van der Waals surface area contributed by atoms with Gasteiger partial charge in [0.05, 0.1) is 4.99 Å². The molecule has 1 aliphatic rings. The van der Waals surface area contributed by atoms with E-state index in [4.69, 9.17) is 5.73 Å². The van der Waals surface area contributed by atoms with E-state index >= 15 is 0 Å². The molecule has 0 bridgehead atoms. The van der Waals surface area contributed by atoms with E-state index in [1.165, 1.54) is 0 Å². The molecule has 2 unspecified atom stereocenters. The normalized spacial score (nSPS) is 25.1. The minimum Gasteiger partial charge on any atom is -0.393 e. The first-order valence-electron chi connectivity index (χ1n) is 6.04. The highest BCUT2D eigenvalue weighted by Crippen LogP contribution is 2.28. The summed E-state index contributed by atoms with van der Waals surface area (Å²) in [5, 5.41) is 0. The molecular weight excluding hydrogens is 263 g/mol. The number of rotatable bonds is 4. The van der Waals surface area contributed by atoms with Gasteiger partial charge in [-0.3, -0.25) is 4.90 Å². The smallest absolute Gasteiger partial charge is 0.393 e. The van der Waals surface area contributed by atoms with Gasteiger partial charge < -0.3 is 10.6 Å². The number of hydrogen-bond donors (Lipinski definition) is 1. The van der Waals surface area contributed by atoms with Gasteiger partial charge in [-0.25, -0.2) is 0 Å². The molecule has 18 heavy (non-hydrogen) atoms. The minimum absolute atomic E-state index is 0.122. The molecule has 7 heteroatoms. The summed E-state index contributed by atoms with van der Waals surface area (Å²) in [5.41, 5.74) is 5.21. The molecule has 3 nitrogen and oxygen atoms in total. The zero-order valence-corrected chi connectivity index (χ0v) is 11.5. The Labute approximate surface area is 111 Å². The standard InChI is InChI=1S/C11H20F3N3S/c1-3-8-6-17(5-4-16(8)2)7-9(10(15)18)11(12,13)14/h8-9H,3-7H2,1-2H3,(H2,15,18). The van der Waals surface area contributed by atoms with E-state index in [0.29, 0.717) is 19.1 Å². The molecule has 0 aliphatic carbocycles. The second kappa shape index (κ2) is 6.16. The maximum absolute atomic E-state index is 12.8. The molecule has 0 saturated carbocycles. The second-order valence-corrected chi connectivity index (χ2v) is 5.27. The monoisotopic (exact) mass is 283 g/mol. The second-order valence-electron chi connectivity index (χ2n) is 4.80. The molecule has 1 rings (SSSR count). The summed E-state index contributed by atoms with van der Waals surface area (Å²) in [6.45, 7) is 3.97. The van der Waals surface area contributed by atoms with Crippen LogP contribution in [0.1, 0.15) is 13.3 Å². The molecule has 2 N–H and O–H groups in total. The Kier molecular flexibility index (Phi) is 5.36. The van der Waals surface area contributed by atoms with E-state index in [9.17, 15) is 13.2 Å². The van der Waals surface area contributed by atoms with Crippen LogP contribution in [0.3, 0.4) is 0 Å². The maximum Gasteiger partial charge on any atom is 0.399 e. The van der Waals surface area contributed by atoms with Crippen LogP contribution in [-0.4, -0.2) is 60.2 Å². The van der Waals surface area contributed by atoms with Crippen molar-refractivity contribution in [1.29, 1.82) is 0 Å². The van der Waals surface area contributed by atoms with E-state index in [-0.39, 0.29) is 6.54 Å². The van der Waals surface area contributed by atoms with Crippen LogP contribution in [0.2, 0.25) is 0 Å². The lowest BCUT2D eigenvalue weighted by Crippen LogP contribution is -2.54. The summed E-state index contributed by atoms with van der Waals surface area (Å²) in [5.74, 6) is -1.70. The van der Waals surface area contributed by atoms with Crippen LogP contribution < -0.4 is 5.73 Å². The fourth-order valence-electron chi connectivity index (χ4n) is 2.23. The molecule has 106 valence electrons. The lowest BCUT2D eigenvalue weighted by molar-refractivity contribution is -0.160. The number of nitrogens with zero attached hydrogens (tertiary/aromatic N) is 2. The largest absolute Gasteiger partial charge is 0.399 e. The minimum atomic E-state index is -4.35. The molecule has 0 aromatic carbocycles. The molecule has 0 spiro atoms. The number of nitrogens with two attached hydrogens (primary N) is 1. The van der Waals surface area contributed by atoms with Gasteiger partial charge in [-0.05, 0) is 13.5 Å². The lowest BCUT2D eigenvalue weighted by atomic mass is 10.1. The van der Waals surface area contributed by atoms with Gasteiger partial charge in [0.1, 0.15) is 5.92 Å². The predicted molar refractivity (Wildman–Crippen MR) is 69.5 cm³/mol. The van der Waals surface area contributed by atoms with Gasteiger partial charge in [0.2, 0.25) is 0 Å². The van der Waals surface area contributed by atoms with Gasteiger partial charge in [-0.2, -0.15) is 13.2 Å². The van der Waals surface area contributed by atoms with E-state index in [2.05, 4.69) is 17.1 Å². The van der Waals surface area contributed by atoms with Crippen LogP contribution in [0.4, 0.5) is 13.2 Å². The fourth-order valence-corrected chi connectivity index (χ4v) is 2.44. The molecule has 1 fully saturated rings. The predicted octanol–water partition coefficient (Wildman–Crippen LogP) is 1.48. The van der Waals surface area contributed by atoms with Crippen molar-refractivity contribution >= 4 is 17.2 Å². The van der Waals surface area contributed by atoms with Crippen LogP contribution in [-0.2, 0) is 0 Å². The van der Waals surface area contributed by atoms with E-state index in [1.54, 1.807) is 0 Å². The topological polar surface area (TPSA) is 32.5 Å². The zero-order valence-electron chi connectivity index (χ0n) is 10.7. The zero-order chi connectivity index (χ0) is 13.9. The van der Waals surface area contributed by atoms with Crippen molar-refractivity contribution in [2.24, 2.45) is 11.7 Å². The molecule has 0 aromatic heterocycles. The first-order chi connectivity index (χ1) is 8.25. The molecule has 1 heterocycles. The average molecular weight is 283 g/mol. The SMILES string of the molecule is CCC1CN(CC(C(N)=S)C(F)(F)F)CCN1C. The van der Waals surface area contributed by atoms with Crippen molar-refractivity contribution in [1.82, 2.24) is 9.80 Å². The quantitative estimate of drug-likeness (QED) is 0.792. The molecule has 0 aromatic rings. The highest BCUT2D eigenvalue weighted by Gasteiger charge is 2.43. The number of hydrogen-bond acceptors (Lipinski definition) is 3. The van der Waals surface area contributed by atoms with Gasteiger partial charge in [0.25, 0.3) is 0 Å². The summed E-state index contributed by atoms with van der Waals surface area (Å²) >= 11 is 4.54. The van der Waals surface area contributed by atoms with Crippen molar-refractivity contribution in [2.75, 3.05) is 33.2 Å². The Hall–Kier alpha value is -0.400. The molecule has 1 saturated heterocycles. The van der Waals surface area contributed by atoms with Gasteiger partial charge >= 0.3 is 6.18 Å². The summed E-state index contributed by atoms with van der Waals surface area (Å²) < 4.78 is 38.3. The molecule has 0 radical (unpaired) electrons. The Morgan fingerprint density at radius 2 is 2.06 bits per heavy atom. The lowest BCUT2D eigenvalue weighted by Gasteiger charge is -2.40. The van der Waals surface area contributed by atoms with Crippen LogP contribution in [0.25, 0.3) is 0 Å². The fraction of sp³-hybridized carbons (Fsp3) is 0.909. The number of thiocarbonyl (C=S) groups is 1. The third-order valence-electron chi connectivity index (χ3n) is 3.51. The number of piperazine rings is 1. The Morgan fingerprint density at radius 1 is 1.44 bits per heavy atom. The van der Waals surface area contributed by atoms with Crippen LogP contribution >= 0.6 is 12.2 Å². The molecule has 0 amide bonds. The van der Waals surface area contributed by atoms with Crippen molar-refractivity contribution in [2.45, 2.75) is 25.6 Å². The summed E-state index contributed by atoms with van der Waals surface area (Å²) in [6, 6.07) is 0.305. The van der Waals surface area contributed by atoms with Crippen molar-refractivity contribution in [3.05, 3.63) is 0 Å². The highest BCUT2D eigenvalue weighted by molar-refractivity contribution is 7.80. The summed E-state index contributed by atoms with van der Waals surface area (Å²) in [4.78, 5) is 3.53. The van der Waals surface area contributed by atoms with Gasteiger partial charge in [0, 0.05) is 32.2 Å². The Bertz CT molecular complexity index is 296. The van der Waals surface area contributed by atoms with E-state index in [0.717, 1.165) is 13.0 Å². The van der Waals surface area contributed by atoms with Crippen LogP contribution in [0.5, 0.6) is 0 Å². The maximum atomic E-state index is 12.8. The number of halogens is 3. The van der Waals surface area contributed by atoms with Gasteiger partial charge in [0.15, 0.2) is 0 Å². The summed E-state index contributed by atoms with van der Waals surface area (Å²) in [7, 11) is 2.00. The first kappa shape index (κ1) is 15.7. The van der Waals surface area contributed by atoms with Gasteiger partial charge in [-0.15, -0.1) is 0 Å². The van der Waals surface area contributed by atoms with E-state index < -0.39 is 17.1 Å². The van der Waals surface area contributed by atoms with Crippen molar-refractivity contribution in [3.63, 3.8) is 0 Å². The number of alkyl halides is 3. The van der Waals surface area contributed by atoms with Gasteiger partial charge in [-0.1, -0.05) is 19.1 Å². The Balaban J connectivity index is 2.63.